The molecule has 0 radical (unpaired) electrons. The molecule has 2 unspecified atom stereocenters. The summed E-state index contributed by atoms with van der Waals surface area (Å²) >= 11 is 0. The number of hydrogen-bond acceptors (Lipinski definition) is 5. The topological polar surface area (TPSA) is 52.4 Å². The number of hydrazine groups is 1. The van der Waals surface area contributed by atoms with Crippen LogP contribution in [0.4, 0.5) is 8.78 Å². The fourth-order valence-corrected chi connectivity index (χ4v) is 3.67. The molecule has 0 aliphatic carbocycles. The molecule has 0 bridgehead atoms. The first-order chi connectivity index (χ1) is 17.5. The van der Waals surface area contributed by atoms with Gasteiger partial charge in [-0.1, -0.05) is 67.7 Å². The van der Waals surface area contributed by atoms with Crippen molar-refractivity contribution in [2.24, 2.45) is 15.3 Å². The lowest BCUT2D eigenvalue weighted by molar-refractivity contribution is 0.221. The molecule has 1 aromatic rings. The third-order valence-corrected chi connectivity index (χ3v) is 5.54. The van der Waals surface area contributed by atoms with E-state index in [2.05, 4.69) is 51.1 Å². The van der Waals surface area contributed by atoms with Gasteiger partial charge in [0.25, 0.3) is 0 Å². The SMILES string of the molecule is C/C=C/C/C=C\C/C(=C\C)C1CCC(c2c(F)cccc2F)=N1.C/C=C\CC1N=NN(CC)N1.CC. The lowest BCUT2D eigenvalue weighted by Gasteiger charge is -2.10. The van der Waals surface area contributed by atoms with Crippen LogP contribution in [0.3, 0.4) is 0 Å². The van der Waals surface area contributed by atoms with Gasteiger partial charge in [-0.15, -0.1) is 5.11 Å². The number of nitrogens with zero attached hydrogens (tertiary/aromatic N) is 4. The summed E-state index contributed by atoms with van der Waals surface area (Å²) in [6.45, 7) is 12.9. The average Bonchev–Trinajstić information content (AvgIpc) is 3.56. The van der Waals surface area contributed by atoms with Crippen LogP contribution in [-0.4, -0.2) is 29.6 Å². The van der Waals surface area contributed by atoms with E-state index in [9.17, 15) is 8.78 Å². The van der Waals surface area contributed by atoms with Crippen LogP contribution in [0, 0.1) is 11.6 Å². The van der Waals surface area contributed by atoms with Gasteiger partial charge in [-0.05, 0) is 71.1 Å². The van der Waals surface area contributed by atoms with Crippen molar-refractivity contribution in [3.8, 4) is 0 Å². The predicted molar refractivity (Wildman–Crippen MR) is 148 cm³/mol. The highest BCUT2D eigenvalue weighted by molar-refractivity contribution is 6.02. The molecule has 0 fully saturated rings. The van der Waals surface area contributed by atoms with E-state index < -0.39 is 11.6 Å². The van der Waals surface area contributed by atoms with E-state index in [0.29, 0.717) is 12.1 Å². The molecule has 7 heteroatoms. The molecule has 1 N–H and O–H groups in total. The molecule has 0 aromatic heterocycles. The van der Waals surface area contributed by atoms with E-state index in [1.807, 2.05) is 53.7 Å². The van der Waals surface area contributed by atoms with Gasteiger partial charge in [-0.2, -0.15) is 5.43 Å². The standard InChI is InChI=1S/C20H23F2N.C7H14N4.C2H6/c1-3-5-6-7-8-10-15(4-2)18-13-14-19(23-18)20-16(21)11-9-12-17(20)22;1-3-5-6-7-8-10-11(4-2)9-7;1-2/h3-5,7-9,11-12,18H,6,10,13-14H2,1-2H3;3,5,7,9H,4,6H2,1-2H3;1-2H3/b5-3+,8-7-,15-4+;5-3-;. The Kier molecular flexibility index (Phi) is 15.9. The second-order valence-electron chi connectivity index (χ2n) is 7.94. The number of nitrogens with one attached hydrogen (secondary N) is 1. The van der Waals surface area contributed by atoms with E-state index in [4.69, 9.17) is 0 Å². The van der Waals surface area contributed by atoms with Crippen LogP contribution in [0.2, 0.25) is 0 Å². The molecule has 5 nitrogen and oxygen atoms in total. The Bertz CT molecular complexity index is 927. The van der Waals surface area contributed by atoms with Crippen LogP contribution >= 0.6 is 0 Å². The maximum atomic E-state index is 13.9. The zero-order valence-electron chi connectivity index (χ0n) is 22.7. The van der Waals surface area contributed by atoms with Crippen molar-refractivity contribution in [3.05, 3.63) is 83.5 Å². The molecule has 1 aromatic carbocycles. The highest BCUT2D eigenvalue weighted by Gasteiger charge is 2.24. The first-order valence-corrected chi connectivity index (χ1v) is 13.0. The van der Waals surface area contributed by atoms with Gasteiger partial charge in [-0.25, -0.2) is 13.9 Å². The van der Waals surface area contributed by atoms with E-state index in [1.165, 1.54) is 23.8 Å². The second-order valence-corrected chi connectivity index (χ2v) is 7.94. The van der Waals surface area contributed by atoms with Gasteiger partial charge in [0.1, 0.15) is 17.8 Å². The molecular formula is C29H43F2N5. The van der Waals surface area contributed by atoms with Crippen molar-refractivity contribution in [2.45, 2.75) is 85.9 Å². The third-order valence-electron chi connectivity index (χ3n) is 5.54. The molecule has 0 saturated carbocycles. The normalized spacial score (nSPS) is 19.6. The lowest BCUT2D eigenvalue weighted by atomic mass is 10.00. The zero-order chi connectivity index (χ0) is 26.8. The summed E-state index contributed by atoms with van der Waals surface area (Å²) in [7, 11) is 0. The molecule has 2 atom stereocenters. The summed E-state index contributed by atoms with van der Waals surface area (Å²) in [4.78, 5) is 4.59. The summed E-state index contributed by atoms with van der Waals surface area (Å²) in [5.74, 6) is -1.06. The van der Waals surface area contributed by atoms with Crippen molar-refractivity contribution in [1.82, 2.24) is 10.5 Å². The Morgan fingerprint density at radius 2 is 1.75 bits per heavy atom. The highest BCUT2D eigenvalue weighted by atomic mass is 19.1. The van der Waals surface area contributed by atoms with E-state index in [1.54, 1.807) is 5.12 Å². The summed E-state index contributed by atoms with van der Waals surface area (Å²) in [6, 6.07) is 3.98. The average molecular weight is 500 g/mol. The van der Waals surface area contributed by atoms with E-state index in [0.717, 1.165) is 32.2 Å². The fourth-order valence-electron chi connectivity index (χ4n) is 3.67. The molecular weight excluding hydrogens is 456 g/mol. The van der Waals surface area contributed by atoms with Crippen LogP contribution in [0.15, 0.2) is 81.6 Å². The summed E-state index contributed by atoms with van der Waals surface area (Å²) in [6.07, 6.45) is 18.8. The monoisotopic (exact) mass is 499 g/mol. The minimum Gasteiger partial charge on any atom is -0.281 e. The molecule has 2 aliphatic rings. The van der Waals surface area contributed by atoms with E-state index in [-0.39, 0.29) is 17.8 Å². The van der Waals surface area contributed by atoms with Gasteiger partial charge in [-0.3, -0.25) is 4.99 Å². The Hall–Kier alpha value is -2.93. The van der Waals surface area contributed by atoms with Gasteiger partial charge in [0.2, 0.25) is 0 Å². The largest absolute Gasteiger partial charge is 0.281 e. The Morgan fingerprint density at radius 3 is 2.33 bits per heavy atom. The van der Waals surface area contributed by atoms with Crippen LogP contribution in [0.1, 0.15) is 79.2 Å². The maximum Gasteiger partial charge on any atom is 0.144 e. The minimum atomic E-state index is -0.530. The molecule has 36 heavy (non-hydrogen) atoms. The summed E-state index contributed by atoms with van der Waals surface area (Å²) in [5, 5.41) is 9.66. The van der Waals surface area contributed by atoms with Crippen molar-refractivity contribution < 1.29 is 8.78 Å². The fraction of sp³-hybridized carbons (Fsp3) is 0.483. The van der Waals surface area contributed by atoms with Crippen LogP contribution < -0.4 is 5.43 Å². The highest BCUT2D eigenvalue weighted by Crippen LogP contribution is 2.28. The van der Waals surface area contributed by atoms with Crippen molar-refractivity contribution >= 4 is 5.71 Å². The molecule has 0 spiro atoms. The predicted octanol–water partition coefficient (Wildman–Crippen LogP) is 8.29. The number of rotatable bonds is 9. The van der Waals surface area contributed by atoms with Crippen molar-refractivity contribution in [2.75, 3.05) is 6.54 Å². The third kappa shape index (κ3) is 10.4. The van der Waals surface area contributed by atoms with E-state index >= 15 is 0 Å². The summed E-state index contributed by atoms with van der Waals surface area (Å²) < 4.78 is 27.8. The quantitative estimate of drug-likeness (QED) is 0.348. The number of aliphatic imine (C=N–C) groups is 1. The Labute approximate surface area is 216 Å². The number of benzene rings is 1. The number of hydrogen-bond donors (Lipinski definition) is 1. The number of allylic oxidation sites excluding steroid dienone is 6. The Morgan fingerprint density at radius 1 is 1.06 bits per heavy atom. The first-order valence-electron chi connectivity index (χ1n) is 13.0. The minimum absolute atomic E-state index is 0.0281. The van der Waals surface area contributed by atoms with Gasteiger partial charge >= 0.3 is 0 Å². The smallest absolute Gasteiger partial charge is 0.144 e. The van der Waals surface area contributed by atoms with Gasteiger partial charge in [0.15, 0.2) is 0 Å². The lowest BCUT2D eigenvalue weighted by Crippen LogP contribution is -2.34. The molecule has 2 aliphatic heterocycles. The van der Waals surface area contributed by atoms with Crippen molar-refractivity contribution in [1.29, 1.82) is 0 Å². The maximum absolute atomic E-state index is 13.9. The van der Waals surface area contributed by atoms with Gasteiger partial charge in [0, 0.05) is 12.1 Å². The van der Waals surface area contributed by atoms with Crippen LogP contribution in [-0.2, 0) is 0 Å². The first kappa shape index (κ1) is 31.1. The second kappa shape index (κ2) is 18.4. The molecule has 198 valence electrons. The zero-order valence-corrected chi connectivity index (χ0v) is 22.7. The van der Waals surface area contributed by atoms with Gasteiger partial charge < -0.3 is 0 Å². The number of halogens is 2. The molecule has 0 amide bonds. The Balaban J connectivity index is 0.000000417. The van der Waals surface area contributed by atoms with Crippen LogP contribution in [0.5, 0.6) is 0 Å². The van der Waals surface area contributed by atoms with Crippen molar-refractivity contribution in [3.63, 3.8) is 0 Å². The molecule has 3 rings (SSSR count). The van der Waals surface area contributed by atoms with Crippen LogP contribution in [0.25, 0.3) is 0 Å². The van der Waals surface area contributed by atoms with Gasteiger partial charge in [0.05, 0.1) is 18.2 Å². The molecule has 0 saturated heterocycles. The molecule has 2 heterocycles. The summed E-state index contributed by atoms with van der Waals surface area (Å²) in [5.41, 5.74) is 4.91.